The third-order valence-corrected chi connectivity index (χ3v) is 5.30. The monoisotopic (exact) mass is 336 g/mol. The maximum atomic E-state index is 12.9. The molecule has 2 aromatic carbocycles. The smallest absolute Gasteiger partial charge is 0.237 e. The van der Waals surface area contributed by atoms with Gasteiger partial charge in [-0.1, -0.05) is 67.6 Å². The van der Waals surface area contributed by atoms with Crippen molar-refractivity contribution in [2.45, 2.75) is 38.8 Å². The second-order valence-electron chi connectivity index (χ2n) is 7.16. The molecule has 1 atom stereocenters. The number of carbonyl (C=O) groups excluding carboxylic acids is 1. The second kappa shape index (κ2) is 8.30. The third-order valence-electron chi connectivity index (χ3n) is 5.30. The van der Waals surface area contributed by atoms with Crippen LogP contribution in [0.15, 0.2) is 60.7 Å². The number of hydrogen-bond donors (Lipinski definition) is 1. The molecule has 1 N–H and O–H groups in total. The summed E-state index contributed by atoms with van der Waals surface area (Å²) in [5.41, 5.74) is 2.23. The first-order valence-electron chi connectivity index (χ1n) is 9.29. The fraction of sp³-hybridized carbons (Fsp3) is 0.409. The molecule has 0 aromatic heterocycles. The summed E-state index contributed by atoms with van der Waals surface area (Å²) in [7, 11) is 0. The minimum atomic E-state index is -0.110. The van der Waals surface area contributed by atoms with E-state index in [-0.39, 0.29) is 18.0 Å². The predicted molar refractivity (Wildman–Crippen MR) is 102 cm³/mol. The van der Waals surface area contributed by atoms with E-state index >= 15 is 0 Å². The van der Waals surface area contributed by atoms with Gasteiger partial charge in [-0.2, -0.15) is 0 Å². The Hall–Kier alpha value is -2.13. The first kappa shape index (κ1) is 17.7. The molecule has 25 heavy (non-hydrogen) atoms. The van der Waals surface area contributed by atoms with Crippen LogP contribution in [0.1, 0.15) is 43.9 Å². The van der Waals surface area contributed by atoms with E-state index in [0.717, 1.165) is 30.1 Å². The first-order valence-corrected chi connectivity index (χ1v) is 9.29. The molecule has 132 valence electrons. The van der Waals surface area contributed by atoms with Crippen molar-refractivity contribution in [3.8, 4) is 0 Å². The van der Waals surface area contributed by atoms with Crippen LogP contribution in [-0.2, 0) is 4.79 Å². The van der Waals surface area contributed by atoms with Crippen LogP contribution >= 0.6 is 0 Å². The van der Waals surface area contributed by atoms with Crippen molar-refractivity contribution in [2.75, 3.05) is 13.1 Å². The van der Waals surface area contributed by atoms with Crippen LogP contribution in [0, 0.1) is 5.92 Å². The van der Waals surface area contributed by atoms with Crippen LogP contribution in [0.2, 0.25) is 0 Å². The number of benzene rings is 2. The van der Waals surface area contributed by atoms with Gasteiger partial charge in [-0.25, -0.2) is 0 Å². The van der Waals surface area contributed by atoms with Crippen molar-refractivity contribution in [3.05, 3.63) is 71.8 Å². The van der Waals surface area contributed by atoms with Gasteiger partial charge in [-0.05, 0) is 49.9 Å². The molecule has 1 fully saturated rings. The van der Waals surface area contributed by atoms with Gasteiger partial charge in [0.15, 0.2) is 0 Å². The van der Waals surface area contributed by atoms with E-state index in [1.807, 2.05) is 43.3 Å². The van der Waals surface area contributed by atoms with Crippen molar-refractivity contribution in [1.29, 1.82) is 0 Å². The number of rotatable bonds is 5. The highest BCUT2D eigenvalue weighted by atomic mass is 16.2. The predicted octanol–water partition coefficient (Wildman–Crippen LogP) is 4.01. The molecule has 1 amide bonds. The Morgan fingerprint density at radius 2 is 1.44 bits per heavy atom. The minimum absolute atomic E-state index is 0.0950. The van der Waals surface area contributed by atoms with Gasteiger partial charge in [0.25, 0.3) is 0 Å². The maximum absolute atomic E-state index is 12.9. The second-order valence-corrected chi connectivity index (χ2v) is 7.16. The summed E-state index contributed by atoms with van der Waals surface area (Å²) < 4.78 is 0. The average molecular weight is 336 g/mol. The fourth-order valence-electron chi connectivity index (χ4n) is 3.49. The summed E-state index contributed by atoms with van der Waals surface area (Å²) in [6.45, 7) is 6.34. The van der Waals surface area contributed by atoms with E-state index in [1.54, 1.807) is 0 Å². The molecule has 0 radical (unpaired) electrons. The normalized spacial score (nSPS) is 17.4. The molecule has 3 rings (SSSR count). The highest BCUT2D eigenvalue weighted by Crippen LogP contribution is 2.23. The molecule has 1 aliphatic heterocycles. The van der Waals surface area contributed by atoms with Crippen molar-refractivity contribution in [1.82, 2.24) is 10.2 Å². The van der Waals surface area contributed by atoms with Crippen molar-refractivity contribution in [2.24, 2.45) is 5.92 Å². The SMILES string of the molecule is CC1CCN([C@@H](C)C(=O)NC(c2ccccc2)c2ccccc2)CC1. The molecule has 2 aromatic rings. The van der Waals surface area contributed by atoms with Crippen molar-refractivity contribution < 1.29 is 4.79 Å². The lowest BCUT2D eigenvalue weighted by Gasteiger charge is -2.35. The Balaban J connectivity index is 1.75. The van der Waals surface area contributed by atoms with Gasteiger partial charge < -0.3 is 5.32 Å². The average Bonchev–Trinajstić information content (AvgIpc) is 2.67. The molecule has 3 nitrogen and oxygen atoms in total. The lowest BCUT2D eigenvalue weighted by atomic mass is 9.97. The first-order chi connectivity index (χ1) is 12.1. The molecule has 1 heterocycles. The van der Waals surface area contributed by atoms with Gasteiger partial charge in [0.2, 0.25) is 5.91 Å². The van der Waals surface area contributed by atoms with E-state index < -0.39 is 0 Å². The quantitative estimate of drug-likeness (QED) is 0.894. The number of piperidine rings is 1. The molecule has 0 aliphatic carbocycles. The molecule has 3 heteroatoms. The van der Waals surface area contributed by atoms with Gasteiger partial charge in [-0.15, -0.1) is 0 Å². The zero-order valence-electron chi connectivity index (χ0n) is 15.2. The Labute approximate surface area is 151 Å². The molecule has 1 aliphatic rings. The number of carbonyl (C=O) groups is 1. The van der Waals surface area contributed by atoms with E-state index in [4.69, 9.17) is 0 Å². The number of likely N-dealkylation sites (tertiary alicyclic amines) is 1. The Morgan fingerprint density at radius 1 is 0.960 bits per heavy atom. The van der Waals surface area contributed by atoms with Crippen molar-refractivity contribution >= 4 is 5.91 Å². The molecule has 1 saturated heterocycles. The molecular weight excluding hydrogens is 308 g/mol. The van der Waals surface area contributed by atoms with E-state index in [2.05, 4.69) is 41.4 Å². The van der Waals surface area contributed by atoms with E-state index in [1.165, 1.54) is 12.8 Å². The third kappa shape index (κ3) is 4.49. The van der Waals surface area contributed by atoms with Crippen LogP contribution in [0.4, 0.5) is 0 Å². The Kier molecular flexibility index (Phi) is 5.87. The fourth-order valence-corrected chi connectivity index (χ4v) is 3.49. The Bertz CT molecular complexity index is 623. The lowest BCUT2D eigenvalue weighted by molar-refractivity contribution is -0.127. The van der Waals surface area contributed by atoms with Gasteiger partial charge in [0.05, 0.1) is 12.1 Å². The van der Waals surface area contributed by atoms with Crippen LogP contribution in [0.3, 0.4) is 0 Å². The lowest BCUT2D eigenvalue weighted by Crippen LogP contribution is -2.48. The summed E-state index contributed by atoms with van der Waals surface area (Å²) >= 11 is 0. The molecule has 0 spiro atoms. The number of hydrogen-bond acceptors (Lipinski definition) is 2. The molecular formula is C22H28N2O. The molecule has 0 bridgehead atoms. The largest absolute Gasteiger partial charge is 0.344 e. The standard InChI is InChI=1S/C22H28N2O/c1-17-13-15-24(16-14-17)18(2)22(25)23-21(19-9-5-3-6-10-19)20-11-7-4-8-12-20/h3-12,17-18,21H,13-16H2,1-2H3,(H,23,25)/t18-/m0/s1. The van der Waals surface area contributed by atoms with Crippen LogP contribution in [0.5, 0.6) is 0 Å². The minimum Gasteiger partial charge on any atom is -0.344 e. The summed E-state index contributed by atoms with van der Waals surface area (Å²) in [4.78, 5) is 15.2. The van der Waals surface area contributed by atoms with Gasteiger partial charge >= 0.3 is 0 Å². The van der Waals surface area contributed by atoms with Crippen LogP contribution in [-0.4, -0.2) is 29.9 Å². The number of nitrogens with zero attached hydrogens (tertiary/aromatic N) is 1. The summed E-state index contributed by atoms with van der Waals surface area (Å²) in [5, 5.41) is 3.28. The number of amides is 1. The van der Waals surface area contributed by atoms with Gasteiger partial charge in [0, 0.05) is 0 Å². The molecule has 0 unspecified atom stereocenters. The molecule has 0 saturated carbocycles. The summed E-state index contributed by atoms with van der Waals surface area (Å²) in [6.07, 6.45) is 2.36. The van der Waals surface area contributed by atoms with E-state index in [9.17, 15) is 4.79 Å². The van der Waals surface area contributed by atoms with Crippen LogP contribution < -0.4 is 5.32 Å². The van der Waals surface area contributed by atoms with Gasteiger partial charge in [-0.3, -0.25) is 9.69 Å². The van der Waals surface area contributed by atoms with Crippen molar-refractivity contribution in [3.63, 3.8) is 0 Å². The topological polar surface area (TPSA) is 32.3 Å². The number of nitrogens with one attached hydrogen (secondary N) is 1. The zero-order valence-corrected chi connectivity index (χ0v) is 15.2. The van der Waals surface area contributed by atoms with Crippen LogP contribution in [0.25, 0.3) is 0 Å². The highest BCUT2D eigenvalue weighted by Gasteiger charge is 2.27. The highest BCUT2D eigenvalue weighted by molar-refractivity contribution is 5.82. The van der Waals surface area contributed by atoms with E-state index in [0.29, 0.717) is 0 Å². The summed E-state index contributed by atoms with van der Waals surface area (Å²) in [5.74, 6) is 0.875. The van der Waals surface area contributed by atoms with Gasteiger partial charge in [0.1, 0.15) is 0 Å². The Morgan fingerprint density at radius 3 is 1.92 bits per heavy atom. The zero-order chi connectivity index (χ0) is 17.6. The maximum Gasteiger partial charge on any atom is 0.237 e. The summed E-state index contributed by atoms with van der Waals surface area (Å²) in [6, 6.07) is 20.2.